The van der Waals surface area contributed by atoms with Gasteiger partial charge in [-0.3, -0.25) is 9.59 Å². The number of hydrogen-bond acceptors (Lipinski definition) is 3. The highest BCUT2D eigenvalue weighted by molar-refractivity contribution is 8.01. The SMILES string of the molecule is O=C(CCCl)N1CCC2(CC1)SCC(=O)N2Cc1ccccc1. The number of halogens is 1. The van der Waals surface area contributed by atoms with Gasteiger partial charge >= 0.3 is 0 Å². The Hall–Kier alpha value is -1.20. The predicted molar refractivity (Wildman–Crippen MR) is 93.3 cm³/mol. The number of alkyl halides is 1. The van der Waals surface area contributed by atoms with Gasteiger partial charge < -0.3 is 9.80 Å². The quantitative estimate of drug-likeness (QED) is 0.782. The van der Waals surface area contributed by atoms with E-state index in [0.717, 1.165) is 18.4 Å². The molecule has 4 nitrogen and oxygen atoms in total. The Labute approximate surface area is 146 Å². The standard InChI is InChI=1S/C17H21ClN2O2S/c18-9-6-15(21)19-10-7-17(8-11-19)20(16(22)13-23-17)12-14-4-2-1-3-5-14/h1-5H,6-13H2. The number of thioether (sulfide) groups is 1. The van der Waals surface area contributed by atoms with Gasteiger partial charge in [0.15, 0.2) is 0 Å². The third-order valence-electron chi connectivity index (χ3n) is 4.65. The maximum absolute atomic E-state index is 12.4. The Kier molecular flexibility index (Phi) is 5.17. The summed E-state index contributed by atoms with van der Waals surface area (Å²) >= 11 is 7.40. The summed E-state index contributed by atoms with van der Waals surface area (Å²) in [5, 5.41) is 0. The lowest BCUT2D eigenvalue weighted by molar-refractivity contribution is -0.135. The highest BCUT2D eigenvalue weighted by Gasteiger charge is 2.48. The van der Waals surface area contributed by atoms with Crippen molar-refractivity contribution in [3.05, 3.63) is 35.9 Å². The van der Waals surface area contributed by atoms with Gasteiger partial charge in [0.05, 0.1) is 10.6 Å². The molecule has 2 aliphatic heterocycles. The highest BCUT2D eigenvalue weighted by Crippen LogP contribution is 2.45. The Bertz CT molecular complexity index is 573. The van der Waals surface area contributed by atoms with E-state index in [-0.39, 0.29) is 16.7 Å². The third-order valence-corrected chi connectivity index (χ3v) is 6.39. The number of piperidine rings is 1. The number of rotatable bonds is 4. The van der Waals surface area contributed by atoms with E-state index in [0.29, 0.717) is 37.7 Å². The van der Waals surface area contributed by atoms with Crippen molar-refractivity contribution in [1.82, 2.24) is 9.80 Å². The van der Waals surface area contributed by atoms with Crippen LogP contribution >= 0.6 is 23.4 Å². The molecule has 0 radical (unpaired) electrons. The summed E-state index contributed by atoms with van der Waals surface area (Å²) in [4.78, 5) is 28.1. The van der Waals surface area contributed by atoms with Crippen molar-refractivity contribution < 1.29 is 9.59 Å². The summed E-state index contributed by atoms with van der Waals surface area (Å²) in [6.45, 7) is 2.07. The summed E-state index contributed by atoms with van der Waals surface area (Å²) in [6.07, 6.45) is 2.07. The summed E-state index contributed by atoms with van der Waals surface area (Å²) in [5.74, 6) is 1.24. The average Bonchev–Trinajstić information content (AvgIpc) is 2.86. The van der Waals surface area contributed by atoms with Crippen LogP contribution in [0.15, 0.2) is 30.3 Å². The third kappa shape index (κ3) is 3.50. The lowest BCUT2D eigenvalue weighted by Crippen LogP contribution is -2.52. The monoisotopic (exact) mass is 352 g/mol. The number of likely N-dealkylation sites (tertiary alicyclic amines) is 1. The van der Waals surface area contributed by atoms with Crippen molar-refractivity contribution in [3.63, 3.8) is 0 Å². The first-order chi connectivity index (χ1) is 11.1. The molecular formula is C17H21ClN2O2S. The zero-order chi connectivity index (χ0) is 16.3. The van der Waals surface area contributed by atoms with Gasteiger partial charge in [0.2, 0.25) is 11.8 Å². The van der Waals surface area contributed by atoms with Crippen LogP contribution in [0.25, 0.3) is 0 Å². The van der Waals surface area contributed by atoms with Gasteiger partial charge in [0.1, 0.15) is 0 Å². The minimum Gasteiger partial charge on any atom is -0.342 e. The smallest absolute Gasteiger partial charge is 0.234 e. The van der Waals surface area contributed by atoms with E-state index in [4.69, 9.17) is 11.6 Å². The molecule has 2 amide bonds. The van der Waals surface area contributed by atoms with Crippen LogP contribution in [0.5, 0.6) is 0 Å². The first kappa shape index (κ1) is 16.7. The molecule has 0 saturated carbocycles. The summed E-state index contributed by atoms with van der Waals surface area (Å²) in [6, 6.07) is 10.1. The van der Waals surface area contributed by atoms with Crippen LogP contribution in [0.4, 0.5) is 0 Å². The Morgan fingerprint density at radius 2 is 1.91 bits per heavy atom. The molecule has 1 spiro atoms. The minimum atomic E-state index is -0.148. The van der Waals surface area contributed by atoms with Crippen molar-refractivity contribution >= 4 is 35.2 Å². The molecule has 0 bridgehead atoms. The van der Waals surface area contributed by atoms with E-state index >= 15 is 0 Å². The molecule has 0 N–H and O–H groups in total. The van der Waals surface area contributed by atoms with Gasteiger partial charge in [-0.15, -0.1) is 23.4 Å². The van der Waals surface area contributed by atoms with Gasteiger partial charge in [-0.05, 0) is 18.4 Å². The molecule has 0 unspecified atom stereocenters. The second kappa shape index (κ2) is 7.14. The molecule has 0 aromatic heterocycles. The first-order valence-electron chi connectivity index (χ1n) is 7.97. The van der Waals surface area contributed by atoms with Gasteiger partial charge in [-0.2, -0.15) is 0 Å². The molecule has 3 rings (SSSR count). The normalized spacial score (nSPS) is 20.3. The number of carbonyl (C=O) groups is 2. The Morgan fingerprint density at radius 3 is 2.57 bits per heavy atom. The molecule has 2 fully saturated rings. The number of hydrogen-bond donors (Lipinski definition) is 0. The van der Waals surface area contributed by atoms with E-state index in [2.05, 4.69) is 12.1 Å². The molecular weight excluding hydrogens is 332 g/mol. The number of benzene rings is 1. The Balaban J connectivity index is 1.69. The maximum Gasteiger partial charge on any atom is 0.234 e. The second-order valence-corrected chi connectivity index (χ2v) is 7.74. The summed E-state index contributed by atoms with van der Waals surface area (Å²) in [5.41, 5.74) is 1.16. The highest BCUT2D eigenvalue weighted by atomic mass is 35.5. The fourth-order valence-corrected chi connectivity index (χ4v) is 4.84. The lowest BCUT2D eigenvalue weighted by Gasteiger charge is -2.44. The summed E-state index contributed by atoms with van der Waals surface area (Å²) < 4.78 is 0. The van der Waals surface area contributed by atoms with E-state index in [1.807, 2.05) is 28.0 Å². The van der Waals surface area contributed by atoms with Crippen molar-refractivity contribution in [3.8, 4) is 0 Å². The topological polar surface area (TPSA) is 40.6 Å². The molecule has 6 heteroatoms. The first-order valence-corrected chi connectivity index (χ1v) is 9.49. The number of nitrogens with zero attached hydrogens (tertiary/aromatic N) is 2. The molecule has 2 saturated heterocycles. The second-order valence-electron chi connectivity index (χ2n) is 6.02. The largest absolute Gasteiger partial charge is 0.342 e. The zero-order valence-corrected chi connectivity index (χ0v) is 14.6. The Morgan fingerprint density at radius 1 is 1.22 bits per heavy atom. The van der Waals surface area contributed by atoms with Gasteiger partial charge in [0.25, 0.3) is 0 Å². The molecule has 1 aromatic rings. The van der Waals surface area contributed by atoms with Gasteiger partial charge in [-0.25, -0.2) is 0 Å². The van der Waals surface area contributed by atoms with Gasteiger partial charge in [-0.1, -0.05) is 30.3 Å². The average molecular weight is 353 g/mol. The molecule has 2 heterocycles. The molecule has 0 aliphatic carbocycles. The van der Waals surface area contributed by atoms with E-state index < -0.39 is 0 Å². The lowest BCUT2D eigenvalue weighted by atomic mass is 10.0. The minimum absolute atomic E-state index is 0.124. The van der Waals surface area contributed by atoms with Crippen LogP contribution in [0.2, 0.25) is 0 Å². The van der Waals surface area contributed by atoms with Crippen molar-refractivity contribution in [1.29, 1.82) is 0 Å². The number of carbonyl (C=O) groups excluding carboxylic acids is 2. The van der Waals surface area contributed by atoms with Crippen LogP contribution in [0, 0.1) is 0 Å². The molecule has 1 aromatic carbocycles. The van der Waals surface area contributed by atoms with Crippen LogP contribution < -0.4 is 0 Å². The molecule has 124 valence electrons. The fraction of sp³-hybridized carbons (Fsp3) is 0.529. The molecule has 0 atom stereocenters. The van der Waals surface area contributed by atoms with Crippen LogP contribution in [0.1, 0.15) is 24.8 Å². The maximum atomic E-state index is 12.4. The predicted octanol–water partition coefficient (Wildman–Crippen LogP) is 2.71. The van der Waals surface area contributed by atoms with Crippen LogP contribution in [0.3, 0.4) is 0 Å². The zero-order valence-electron chi connectivity index (χ0n) is 13.0. The van der Waals surface area contributed by atoms with E-state index in [1.165, 1.54) is 0 Å². The van der Waals surface area contributed by atoms with Gasteiger partial charge in [0, 0.05) is 31.9 Å². The van der Waals surface area contributed by atoms with E-state index in [1.54, 1.807) is 11.8 Å². The van der Waals surface area contributed by atoms with Crippen molar-refractivity contribution in [2.75, 3.05) is 24.7 Å². The van der Waals surface area contributed by atoms with Crippen molar-refractivity contribution in [2.45, 2.75) is 30.7 Å². The van der Waals surface area contributed by atoms with Crippen LogP contribution in [-0.4, -0.2) is 51.2 Å². The van der Waals surface area contributed by atoms with Crippen molar-refractivity contribution in [2.24, 2.45) is 0 Å². The molecule has 23 heavy (non-hydrogen) atoms. The molecule has 2 aliphatic rings. The van der Waals surface area contributed by atoms with Crippen LogP contribution in [-0.2, 0) is 16.1 Å². The summed E-state index contributed by atoms with van der Waals surface area (Å²) in [7, 11) is 0. The fourth-order valence-electron chi connectivity index (χ4n) is 3.34. The number of amides is 2. The van der Waals surface area contributed by atoms with E-state index in [9.17, 15) is 9.59 Å².